The van der Waals surface area contributed by atoms with Crippen molar-refractivity contribution in [2.75, 3.05) is 26.1 Å². The van der Waals surface area contributed by atoms with E-state index in [2.05, 4.69) is 5.32 Å². The highest BCUT2D eigenvalue weighted by Crippen LogP contribution is 2.35. The van der Waals surface area contributed by atoms with Crippen LogP contribution in [0.15, 0.2) is 12.1 Å². The Hall–Kier alpha value is -1.62. The third-order valence-corrected chi connectivity index (χ3v) is 2.22. The number of rotatable bonds is 5. The van der Waals surface area contributed by atoms with E-state index in [0.717, 1.165) is 0 Å². The molecule has 0 spiro atoms. The topological polar surface area (TPSA) is 73.6 Å². The van der Waals surface area contributed by atoms with Crippen molar-refractivity contribution in [1.82, 2.24) is 0 Å². The van der Waals surface area contributed by atoms with Crippen molar-refractivity contribution in [2.45, 2.75) is 0 Å². The molecule has 1 rings (SSSR count). The molecule has 88 valence electrons. The van der Waals surface area contributed by atoms with E-state index < -0.39 is 5.91 Å². The van der Waals surface area contributed by atoms with Crippen molar-refractivity contribution in [2.24, 2.45) is 5.73 Å². The molecule has 0 saturated carbocycles. The van der Waals surface area contributed by atoms with Gasteiger partial charge in [0.05, 0.1) is 31.5 Å². The minimum atomic E-state index is -0.464. The molecule has 16 heavy (non-hydrogen) atoms. The molecule has 6 heteroatoms. The maximum atomic E-state index is 10.6. The second-order valence-electron chi connectivity index (χ2n) is 3.01. The summed E-state index contributed by atoms with van der Waals surface area (Å²) in [5.41, 5.74) is 5.62. The molecule has 0 fully saturated rings. The van der Waals surface area contributed by atoms with Gasteiger partial charge in [-0.15, -0.1) is 0 Å². The molecule has 0 bridgehead atoms. The van der Waals surface area contributed by atoms with E-state index in [0.29, 0.717) is 22.2 Å². The fourth-order valence-corrected chi connectivity index (χ4v) is 1.42. The average molecular weight is 245 g/mol. The third kappa shape index (κ3) is 2.93. The molecule has 0 saturated heterocycles. The monoisotopic (exact) mass is 244 g/mol. The molecule has 0 aliphatic carbocycles. The highest BCUT2D eigenvalue weighted by atomic mass is 35.5. The van der Waals surface area contributed by atoms with E-state index in [9.17, 15) is 4.79 Å². The maximum absolute atomic E-state index is 10.6. The highest BCUT2D eigenvalue weighted by molar-refractivity contribution is 6.32. The van der Waals surface area contributed by atoms with Crippen LogP contribution in [0.1, 0.15) is 0 Å². The fourth-order valence-electron chi connectivity index (χ4n) is 1.18. The van der Waals surface area contributed by atoms with Crippen LogP contribution in [0.3, 0.4) is 0 Å². The molecule has 0 heterocycles. The Morgan fingerprint density at radius 2 is 2.00 bits per heavy atom. The Labute approximate surface area is 98.5 Å². The number of primary amides is 1. The Kier molecular flexibility index (Phi) is 4.25. The molecule has 0 aromatic heterocycles. The summed E-state index contributed by atoms with van der Waals surface area (Å²) in [4.78, 5) is 10.6. The number of anilines is 1. The first kappa shape index (κ1) is 12.4. The number of hydrogen-bond acceptors (Lipinski definition) is 4. The van der Waals surface area contributed by atoms with E-state index in [1.165, 1.54) is 14.2 Å². The molecule has 1 amide bonds. The molecule has 0 aliphatic heterocycles. The number of ether oxygens (including phenoxy) is 2. The lowest BCUT2D eigenvalue weighted by Gasteiger charge is -2.12. The molecule has 1 aromatic carbocycles. The first-order valence-electron chi connectivity index (χ1n) is 4.52. The molecule has 0 radical (unpaired) electrons. The standard InChI is InChI=1S/C10H13ClN2O3/c1-15-8-4-9(16-2)7(3-6(8)11)13-5-10(12)14/h3-4,13H,5H2,1-2H3,(H2,12,14). The van der Waals surface area contributed by atoms with Gasteiger partial charge >= 0.3 is 0 Å². The zero-order valence-corrected chi connectivity index (χ0v) is 9.80. The van der Waals surface area contributed by atoms with Crippen molar-refractivity contribution in [3.8, 4) is 11.5 Å². The van der Waals surface area contributed by atoms with Gasteiger partial charge < -0.3 is 20.5 Å². The van der Waals surface area contributed by atoms with E-state index in [4.69, 9.17) is 26.8 Å². The van der Waals surface area contributed by atoms with Gasteiger partial charge in [0.2, 0.25) is 5.91 Å². The lowest BCUT2D eigenvalue weighted by molar-refractivity contribution is -0.116. The number of hydrogen-bond donors (Lipinski definition) is 2. The fraction of sp³-hybridized carbons (Fsp3) is 0.300. The van der Waals surface area contributed by atoms with Crippen LogP contribution in [0.25, 0.3) is 0 Å². The minimum Gasteiger partial charge on any atom is -0.495 e. The summed E-state index contributed by atoms with van der Waals surface area (Å²) in [7, 11) is 3.02. The number of nitrogens with two attached hydrogens (primary N) is 1. The predicted molar refractivity (Wildman–Crippen MR) is 62.2 cm³/mol. The van der Waals surface area contributed by atoms with Crippen LogP contribution in [-0.4, -0.2) is 26.7 Å². The summed E-state index contributed by atoms with van der Waals surface area (Å²) in [6, 6.07) is 3.24. The van der Waals surface area contributed by atoms with Crippen molar-refractivity contribution in [3.63, 3.8) is 0 Å². The first-order chi connectivity index (χ1) is 7.58. The number of amides is 1. The first-order valence-corrected chi connectivity index (χ1v) is 4.90. The van der Waals surface area contributed by atoms with Gasteiger partial charge in [-0.2, -0.15) is 0 Å². The molecule has 5 nitrogen and oxygen atoms in total. The second kappa shape index (κ2) is 5.46. The second-order valence-corrected chi connectivity index (χ2v) is 3.41. The smallest absolute Gasteiger partial charge is 0.236 e. The number of halogens is 1. The van der Waals surface area contributed by atoms with Gasteiger partial charge in [0.25, 0.3) is 0 Å². The van der Waals surface area contributed by atoms with E-state index in [-0.39, 0.29) is 6.54 Å². The summed E-state index contributed by atoms with van der Waals surface area (Å²) in [6.07, 6.45) is 0. The van der Waals surface area contributed by atoms with Gasteiger partial charge in [-0.1, -0.05) is 11.6 Å². The number of carbonyl (C=O) groups is 1. The Morgan fingerprint density at radius 1 is 1.38 bits per heavy atom. The van der Waals surface area contributed by atoms with Crippen LogP contribution in [-0.2, 0) is 4.79 Å². The van der Waals surface area contributed by atoms with Crippen molar-refractivity contribution in [1.29, 1.82) is 0 Å². The van der Waals surface area contributed by atoms with E-state index in [1.54, 1.807) is 12.1 Å². The quantitative estimate of drug-likeness (QED) is 0.818. The van der Waals surface area contributed by atoms with Gasteiger partial charge in [-0.05, 0) is 6.07 Å². The van der Waals surface area contributed by atoms with Crippen molar-refractivity contribution < 1.29 is 14.3 Å². The molecule has 0 aliphatic rings. The minimum absolute atomic E-state index is 0.0129. The van der Waals surface area contributed by atoms with Crippen LogP contribution in [0.5, 0.6) is 11.5 Å². The average Bonchev–Trinajstić information content (AvgIpc) is 2.26. The van der Waals surface area contributed by atoms with Crippen LogP contribution in [0.2, 0.25) is 5.02 Å². The van der Waals surface area contributed by atoms with Gasteiger partial charge in [0.15, 0.2) is 0 Å². The Balaban J connectivity index is 2.98. The molecule has 1 aromatic rings. The van der Waals surface area contributed by atoms with Crippen molar-refractivity contribution in [3.05, 3.63) is 17.2 Å². The lowest BCUT2D eigenvalue weighted by Crippen LogP contribution is -2.22. The Morgan fingerprint density at radius 3 is 2.50 bits per heavy atom. The SMILES string of the molecule is COc1cc(OC)c(NCC(N)=O)cc1Cl. The predicted octanol–water partition coefficient (Wildman–Crippen LogP) is 1.25. The van der Waals surface area contributed by atoms with Crippen LogP contribution >= 0.6 is 11.6 Å². The van der Waals surface area contributed by atoms with Gasteiger partial charge in [-0.25, -0.2) is 0 Å². The zero-order chi connectivity index (χ0) is 12.1. The largest absolute Gasteiger partial charge is 0.495 e. The van der Waals surface area contributed by atoms with Crippen LogP contribution < -0.4 is 20.5 Å². The summed E-state index contributed by atoms with van der Waals surface area (Å²) >= 11 is 5.94. The normalized spacial score (nSPS) is 9.69. The van der Waals surface area contributed by atoms with Crippen LogP contribution in [0.4, 0.5) is 5.69 Å². The maximum Gasteiger partial charge on any atom is 0.236 e. The summed E-state index contributed by atoms with van der Waals surface area (Å²) < 4.78 is 10.2. The number of benzene rings is 1. The molecule has 0 atom stereocenters. The summed E-state index contributed by atoms with van der Waals surface area (Å²) in [5, 5.41) is 3.24. The molecular weight excluding hydrogens is 232 g/mol. The van der Waals surface area contributed by atoms with Crippen LogP contribution in [0, 0.1) is 0 Å². The summed E-state index contributed by atoms with van der Waals surface area (Å²) in [5.74, 6) is 0.569. The lowest BCUT2D eigenvalue weighted by atomic mass is 10.2. The number of methoxy groups -OCH3 is 2. The van der Waals surface area contributed by atoms with Crippen molar-refractivity contribution >= 4 is 23.2 Å². The molecule has 3 N–H and O–H groups in total. The Bertz CT molecular complexity index is 396. The van der Waals surface area contributed by atoms with Gasteiger partial charge in [-0.3, -0.25) is 4.79 Å². The van der Waals surface area contributed by atoms with E-state index in [1.807, 2.05) is 0 Å². The van der Waals surface area contributed by atoms with E-state index >= 15 is 0 Å². The number of nitrogens with one attached hydrogen (secondary N) is 1. The number of carbonyl (C=O) groups excluding carboxylic acids is 1. The zero-order valence-electron chi connectivity index (χ0n) is 9.04. The highest BCUT2D eigenvalue weighted by Gasteiger charge is 2.09. The third-order valence-electron chi connectivity index (χ3n) is 1.93. The molecular formula is C10H13ClN2O3. The summed E-state index contributed by atoms with van der Waals surface area (Å²) in [6.45, 7) is 0.0129. The van der Waals surface area contributed by atoms with Gasteiger partial charge in [0, 0.05) is 6.07 Å². The van der Waals surface area contributed by atoms with Gasteiger partial charge in [0.1, 0.15) is 11.5 Å². The molecule has 0 unspecified atom stereocenters.